The average Bonchev–Trinajstić information content (AvgIpc) is 2.90. The summed E-state index contributed by atoms with van der Waals surface area (Å²) in [6, 6.07) is 15.4. The summed E-state index contributed by atoms with van der Waals surface area (Å²) in [5, 5.41) is 0. The summed E-state index contributed by atoms with van der Waals surface area (Å²) in [5.41, 5.74) is 2.76. The molecule has 1 aromatic heterocycles. The van der Waals surface area contributed by atoms with Crippen molar-refractivity contribution in [2.45, 2.75) is 13.2 Å². The Balaban J connectivity index is 1.62. The molecule has 0 amide bonds. The minimum atomic E-state index is -0.277. The van der Waals surface area contributed by atoms with E-state index < -0.39 is 0 Å². The third-order valence-corrected chi connectivity index (χ3v) is 3.67. The van der Waals surface area contributed by atoms with Gasteiger partial charge in [0.2, 0.25) is 0 Å². The molecule has 0 saturated heterocycles. The van der Waals surface area contributed by atoms with Crippen LogP contribution < -0.4 is 0 Å². The molecule has 0 bridgehead atoms. The minimum absolute atomic E-state index is 0.164. The lowest BCUT2D eigenvalue weighted by atomic mass is 10.2. The van der Waals surface area contributed by atoms with Gasteiger partial charge in [0.05, 0.1) is 17.4 Å². The van der Waals surface area contributed by atoms with Crippen LogP contribution in [0.25, 0.3) is 11.0 Å². The standard InChI is InChI=1S/C16H13BrN2O2/c17-13-7-5-12(6-8-13)10-21-16(20)9-19-11-18-14-3-1-2-4-15(14)19/h1-8,11H,9-10H2. The molecule has 0 N–H and O–H groups in total. The van der Waals surface area contributed by atoms with Crippen molar-refractivity contribution >= 4 is 32.9 Å². The molecular formula is C16H13BrN2O2. The van der Waals surface area contributed by atoms with E-state index in [2.05, 4.69) is 20.9 Å². The Morgan fingerprint density at radius 2 is 1.90 bits per heavy atom. The summed E-state index contributed by atoms with van der Waals surface area (Å²) < 4.78 is 8.08. The molecule has 21 heavy (non-hydrogen) atoms. The van der Waals surface area contributed by atoms with Crippen molar-refractivity contribution in [3.8, 4) is 0 Å². The summed E-state index contributed by atoms with van der Waals surface area (Å²) in [5.74, 6) is -0.277. The summed E-state index contributed by atoms with van der Waals surface area (Å²) in [6.07, 6.45) is 1.66. The quantitative estimate of drug-likeness (QED) is 0.680. The van der Waals surface area contributed by atoms with Gasteiger partial charge in [-0.15, -0.1) is 0 Å². The summed E-state index contributed by atoms with van der Waals surface area (Å²) in [7, 11) is 0. The fraction of sp³-hybridized carbons (Fsp3) is 0.125. The monoisotopic (exact) mass is 344 g/mol. The Kier molecular flexibility index (Phi) is 4.01. The summed E-state index contributed by atoms with van der Waals surface area (Å²) in [6.45, 7) is 0.440. The Labute approximate surface area is 130 Å². The number of rotatable bonds is 4. The molecule has 0 aliphatic heterocycles. The second kappa shape index (κ2) is 6.10. The largest absolute Gasteiger partial charge is 0.459 e. The molecular weight excluding hydrogens is 332 g/mol. The van der Waals surface area contributed by atoms with Crippen molar-refractivity contribution < 1.29 is 9.53 Å². The molecule has 0 fully saturated rings. The Bertz CT molecular complexity index is 765. The van der Waals surface area contributed by atoms with Gasteiger partial charge in [-0.05, 0) is 29.8 Å². The zero-order chi connectivity index (χ0) is 14.7. The van der Waals surface area contributed by atoms with Crippen LogP contribution in [0.1, 0.15) is 5.56 Å². The van der Waals surface area contributed by atoms with E-state index in [1.807, 2.05) is 48.5 Å². The van der Waals surface area contributed by atoms with Gasteiger partial charge in [0.25, 0.3) is 0 Å². The Morgan fingerprint density at radius 3 is 2.71 bits per heavy atom. The van der Waals surface area contributed by atoms with Crippen LogP contribution in [-0.4, -0.2) is 15.5 Å². The van der Waals surface area contributed by atoms with Crippen molar-refractivity contribution in [1.82, 2.24) is 9.55 Å². The van der Waals surface area contributed by atoms with E-state index in [0.29, 0.717) is 0 Å². The summed E-state index contributed by atoms with van der Waals surface area (Å²) in [4.78, 5) is 16.2. The Hall–Kier alpha value is -2.14. The maximum absolute atomic E-state index is 11.9. The lowest BCUT2D eigenvalue weighted by Gasteiger charge is -2.06. The van der Waals surface area contributed by atoms with E-state index in [1.165, 1.54) is 0 Å². The molecule has 0 radical (unpaired) electrons. The molecule has 0 spiro atoms. The van der Waals surface area contributed by atoms with Crippen LogP contribution in [0.2, 0.25) is 0 Å². The number of aromatic nitrogens is 2. The minimum Gasteiger partial charge on any atom is -0.459 e. The first-order valence-electron chi connectivity index (χ1n) is 6.52. The third kappa shape index (κ3) is 3.31. The zero-order valence-corrected chi connectivity index (χ0v) is 12.8. The normalized spacial score (nSPS) is 10.7. The molecule has 106 valence electrons. The van der Waals surface area contributed by atoms with Crippen LogP contribution in [0, 0.1) is 0 Å². The SMILES string of the molecule is O=C(Cn1cnc2ccccc21)OCc1ccc(Br)cc1. The van der Waals surface area contributed by atoms with Gasteiger partial charge >= 0.3 is 5.97 Å². The molecule has 0 saturated carbocycles. The lowest BCUT2D eigenvalue weighted by molar-refractivity contribution is -0.145. The molecule has 0 aliphatic carbocycles. The lowest BCUT2D eigenvalue weighted by Crippen LogP contribution is -2.12. The number of halogens is 1. The predicted molar refractivity (Wildman–Crippen MR) is 83.7 cm³/mol. The number of nitrogens with zero attached hydrogens (tertiary/aromatic N) is 2. The van der Waals surface area contributed by atoms with Crippen molar-refractivity contribution in [2.24, 2.45) is 0 Å². The number of benzene rings is 2. The van der Waals surface area contributed by atoms with Gasteiger partial charge in [0.1, 0.15) is 13.2 Å². The first-order chi connectivity index (χ1) is 10.2. The average molecular weight is 345 g/mol. The van der Waals surface area contributed by atoms with Crippen molar-refractivity contribution in [2.75, 3.05) is 0 Å². The highest BCUT2D eigenvalue weighted by molar-refractivity contribution is 9.10. The second-order valence-corrected chi connectivity index (χ2v) is 5.56. The van der Waals surface area contributed by atoms with Gasteiger partial charge in [-0.3, -0.25) is 4.79 Å². The third-order valence-electron chi connectivity index (χ3n) is 3.14. The number of ether oxygens (including phenoxy) is 1. The first kappa shape index (κ1) is 13.8. The highest BCUT2D eigenvalue weighted by atomic mass is 79.9. The number of hydrogen-bond donors (Lipinski definition) is 0. The van der Waals surface area contributed by atoms with Gasteiger partial charge in [-0.25, -0.2) is 4.98 Å². The highest BCUT2D eigenvalue weighted by Crippen LogP contribution is 2.13. The molecule has 0 atom stereocenters. The highest BCUT2D eigenvalue weighted by Gasteiger charge is 2.08. The van der Waals surface area contributed by atoms with E-state index in [-0.39, 0.29) is 19.1 Å². The summed E-state index contributed by atoms with van der Waals surface area (Å²) >= 11 is 3.37. The molecule has 3 aromatic rings. The number of para-hydroxylation sites is 2. The molecule has 5 heteroatoms. The molecule has 4 nitrogen and oxygen atoms in total. The van der Waals surface area contributed by atoms with Gasteiger partial charge in [-0.2, -0.15) is 0 Å². The molecule has 2 aromatic carbocycles. The second-order valence-electron chi connectivity index (χ2n) is 4.65. The number of carbonyl (C=O) groups excluding carboxylic acids is 1. The number of carbonyl (C=O) groups is 1. The predicted octanol–water partition coefficient (Wildman–Crippen LogP) is 3.54. The van der Waals surface area contributed by atoms with E-state index in [9.17, 15) is 4.79 Å². The van der Waals surface area contributed by atoms with Crippen LogP contribution in [0.5, 0.6) is 0 Å². The Morgan fingerprint density at radius 1 is 1.14 bits per heavy atom. The topological polar surface area (TPSA) is 44.1 Å². The molecule has 0 aliphatic rings. The zero-order valence-electron chi connectivity index (χ0n) is 11.2. The maximum atomic E-state index is 11.9. The van der Waals surface area contributed by atoms with Gasteiger partial charge in [0, 0.05) is 4.47 Å². The van der Waals surface area contributed by atoms with Crippen LogP contribution >= 0.6 is 15.9 Å². The molecule has 0 unspecified atom stereocenters. The molecule has 1 heterocycles. The van der Waals surface area contributed by atoms with Crippen LogP contribution in [0.4, 0.5) is 0 Å². The fourth-order valence-electron chi connectivity index (χ4n) is 2.07. The number of imidazole rings is 1. The van der Waals surface area contributed by atoms with Crippen LogP contribution in [0.3, 0.4) is 0 Å². The van der Waals surface area contributed by atoms with Gasteiger partial charge in [0.15, 0.2) is 0 Å². The number of hydrogen-bond acceptors (Lipinski definition) is 3. The van der Waals surface area contributed by atoms with Gasteiger partial charge in [-0.1, -0.05) is 40.2 Å². The smallest absolute Gasteiger partial charge is 0.326 e. The van der Waals surface area contributed by atoms with E-state index >= 15 is 0 Å². The van der Waals surface area contributed by atoms with Crippen LogP contribution in [0.15, 0.2) is 59.3 Å². The number of fused-ring (bicyclic) bond motifs is 1. The van der Waals surface area contributed by atoms with Crippen molar-refractivity contribution in [1.29, 1.82) is 0 Å². The van der Waals surface area contributed by atoms with Crippen molar-refractivity contribution in [3.05, 3.63) is 64.9 Å². The fourth-order valence-corrected chi connectivity index (χ4v) is 2.33. The maximum Gasteiger partial charge on any atom is 0.326 e. The van der Waals surface area contributed by atoms with Gasteiger partial charge < -0.3 is 9.30 Å². The van der Waals surface area contributed by atoms with Crippen molar-refractivity contribution in [3.63, 3.8) is 0 Å². The first-order valence-corrected chi connectivity index (χ1v) is 7.31. The van der Waals surface area contributed by atoms with E-state index in [1.54, 1.807) is 10.9 Å². The number of esters is 1. The van der Waals surface area contributed by atoms with E-state index in [0.717, 1.165) is 21.1 Å². The van der Waals surface area contributed by atoms with E-state index in [4.69, 9.17) is 4.74 Å². The molecule has 3 rings (SSSR count). The van der Waals surface area contributed by atoms with Crippen LogP contribution in [-0.2, 0) is 22.7 Å².